The second-order valence-corrected chi connectivity index (χ2v) is 5.85. The fourth-order valence-corrected chi connectivity index (χ4v) is 2.36. The number of methoxy groups -OCH3 is 1. The number of carbonyl (C=O) groups excluding carboxylic acids is 3. The van der Waals surface area contributed by atoms with Gasteiger partial charge in [-0.1, -0.05) is 18.5 Å². The number of benzene rings is 2. The Morgan fingerprint density at radius 2 is 1.81 bits per heavy atom. The van der Waals surface area contributed by atoms with Crippen molar-refractivity contribution in [2.75, 3.05) is 19.0 Å². The van der Waals surface area contributed by atoms with Crippen LogP contribution in [-0.4, -0.2) is 31.4 Å². The van der Waals surface area contributed by atoms with E-state index in [-0.39, 0.29) is 34.2 Å². The molecule has 8 heteroatoms. The lowest BCUT2D eigenvalue weighted by Crippen LogP contribution is -2.16. The van der Waals surface area contributed by atoms with Crippen LogP contribution in [0.4, 0.5) is 10.1 Å². The molecule has 2 aromatic rings. The number of hydrogen-bond acceptors (Lipinski definition) is 5. The number of anilines is 1. The van der Waals surface area contributed by atoms with Gasteiger partial charge in [-0.3, -0.25) is 9.59 Å². The van der Waals surface area contributed by atoms with Gasteiger partial charge in [-0.15, -0.1) is 0 Å². The monoisotopic (exact) mass is 393 g/mol. The molecule has 0 fully saturated rings. The molecule has 1 amide bonds. The summed E-state index contributed by atoms with van der Waals surface area (Å²) in [5.74, 6) is -1.90. The fourth-order valence-electron chi connectivity index (χ4n) is 2.14. The minimum Gasteiger partial charge on any atom is -0.496 e. The minimum absolute atomic E-state index is 0.00361. The van der Waals surface area contributed by atoms with Gasteiger partial charge in [0.2, 0.25) is 5.91 Å². The molecule has 0 aromatic heterocycles. The van der Waals surface area contributed by atoms with Crippen LogP contribution in [0.5, 0.6) is 5.75 Å². The van der Waals surface area contributed by atoms with Crippen molar-refractivity contribution in [3.8, 4) is 5.75 Å². The van der Waals surface area contributed by atoms with E-state index in [1.165, 1.54) is 31.4 Å². The standard InChI is InChI=1S/C19H17ClFNO5/c1-3-18(24)22-15-9-17(26-2)13(8-14(15)20)19(25)27-10-16(23)11-4-6-12(21)7-5-11/h4-9H,3,10H2,1-2H3,(H,22,24). The van der Waals surface area contributed by atoms with Crippen LogP contribution in [0, 0.1) is 5.82 Å². The molecule has 0 aliphatic carbocycles. The number of halogens is 2. The number of esters is 1. The summed E-state index contributed by atoms with van der Waals surface area (Å²) in [6, 6.07) is 7.56. The van der Waals surface area contributed by atoms with Crippen molar-refractivity contribution in [3.63, 3.8) is 0 Å². The first kappa shape index (κ1) is 20.4. The lowest BCUT2D eigenvalue weighted by molar-refractivity contribution is -0.115. The predicted molar refractivity (Wildman–Crippen MR) is 97.9 cm³/mol. The van der Waals surface area contributed by atoms with Gasteiger partial charge in [0.05, 0.1) is 17.8 Å². The molecule has 0 saturated carbocycles. The molecular formula is C19H17ClFNO5. The van der Waals surface area contributed by atoms with E-state index >= 15 is 0 Å². The molecule has 0 heterocycles. The van der Waals surface area contributed by atoms with Gasteiger partial charge >= 0.3 is 5.97 Å². The Morgan fingerprint density at radius 3 is 2.41 bits per heavy atom. The van der Waals surface area contributed by atoms with E-state index in [0.29, 0.717) is 5.69 Å². The maximum absolute atomic E-state index is 12.9. The Kier molecular flexibility index (Phi) is 6.90. The first-order chi connectivity index (χ1) is 12.8. The molecule has 0 aliphatic rings. The van der Waals surface area contributed by atoms with E-state index in [0.717, 1.165) is 12.1 Å². The highest BCUT2D eigenvalue weighted by atomic mass is 35.5. The molecule has 0 bridgehead atoms. The van der Waals surface area contributed by atoms with E-state index in [2.05, 4.69) is 5.32 Å². The van der Waals surface area contributed by atoms with Crippen molar-refractivity contribution in [2.45, 2.75) is 13.3 Å². The summed E-state index contributed by atoms with van der Waals surface area (Å²) >= 11 is 6.10. The Labute approximate surface area is 160 Å². The number of Topliss-reactive ketones (excluding diaryl/α,β-unsaturated/α-hetero) is 1. The van der Waals surface area contributed by atoms with Crippen LogP contribution in [0.25, 0.3) is 0 Å². The van der Waals surface area contributed by atoms with Gasteiger partial charge in [-0.25, -0.2) is 9.18 Å². The smallest absolute Gasteiger partial charge is 0.342 e. The number of hydrogen-bond donors (Lipinski definition) is 1. The molecule has 1 N–H and O–H groups in total. The third-order valence-electron chi connectivity index (χ3n) is 3.60. The Morgan fingerprint density at radius 1 is 1.15 bits per heavy atom. The van der Waals surface area contributed by atoms with Gasteiger partial charge < -0.3 is 14.8 Å². The quantitative estimate of drug-likeness (QED) is 0.570. The summed E-state index contributed by atoms with van der Waals surface area (Å²) in [6.45, 7) is 1.16. The highest BCUT2D eigenvalue weighted by Crippen LogP contribution is 2.31. The molecule has 6 nitrogen and oxygen atoms in total. The van der Waals surface area contributed by atoms with Crippen molar-refractivity contribution in [2.24, 2.45) is 0 Å². The Hall–Kier alpha value is -2.93. The average Bonchev–Trinajstić information content (AvgIpc) is 2.67. The van der Waals surface area contributed by atoms with Crippen LogP contribution in [0.1, 0.15) is 34.1 Å². The van der Waals surface area contributed by atoms with E-state index in [1.807, 2.05) is 0 Å². The fraction of sp³-hybridized carbons (Fsp3) is 0.211. The number of amides is 1. The van der Waals surface area contributed by atoms with Crippen molar-refractivity contribution >= 4 is 34.9 Å². The third kappa shape index (κ3) is 5.27. The maximum Gasteiger partial charge on any atom is 0.342 e. The normalized spacial score (nSPS) is 10.2. The van der Waals surface area contributed by atoms with E-state index in [1.54, 1.807) is 6.92 Å². The van der Waals surface area contributed by atoms with Gasteiger partial charge in [0.1, 0.15) is 17.1 Å². The Bertz CT molecular complexity index is 867. The van der Waals surface area contributed by atoms with Gasteiger partial charge in [-0.05, 0) is 30.3 Å². The first-order valence-electron chi connectivity index (χ1n) is 7.99. The predicted octanol–water partition coefficient (Wildman–Crippen LogP) is 3.88. The number of ether oxygens (including phenoxy) is 2. The lowest BCUT2D eigenvalue weighted by Gasteiger charge is -2.13. The Balaban J connectivity index is 2.13. The van der Waals surface area contributed by atoms with Crippen molar-refractivity contribution in [1.29, 1.82) is 0 Å². The number of ketones is 1. The highest BCUT2D eigenvalue weighted by Gasteiger charge is 2.19. The second-order valence-electron chi connectivity index (χ2n) is 5.44. The van der Waals surface area contributed by atoms with Gasteiger partial charge in [-0.2, -0.15) is 0 Å². The van der Waals surface area contributed by atoms with Gasteiger partial charge in [0.25, 0.3) is 0 Å². The second kappa shape index (κ2) is 9.14. The molecule has 0 atom stereocenters. The molecule has 0 saturated heterocycles. The molecule has 0 aliphatic heterocycles. The summed E-state index contributed by atoms with van der Waals surface area (Å²) in [5.41, 5.74) is 0.509. The van der Waals surface area contributed by atoms with Crippen LogP contribution in [0.3, 0.4) is 0 Å². The zero-order valence-electron chi connectivity index (χ0n) is 14.7. The largest absolute Gasteiger partial charge is 0.496 e. The van der Waals surface area contributed by atoms with Crippen molar-refractivity contribution < 1.29 is 28.2 Å². The van der Waals surface area contributed by atoms with E-state index in [9.17, 15) is 18.8 Å². The molecule has 27 heavy (non-hydrogen) atoms. The summed E-state index contributed by atoms with van der Waals surface area (Å²) in [7, 11) is 1.34. The van der Waals surface area contributed by atoms with E-state index < -0.39 is 24.2 Å². The summed E-state index contributed by atoms with van der Waals surface area (Å²) in [5, 5.41) is 2.71. The van der Waals surface area contributed by atoms with Crippen LogP contribution in [0.2, 0.25) is 5.02 Å². The molecular weight excluding hydrogens is 377 g/mol. The van der Waals surface area contributed by atoms with Gasteiger partial charge in [0, 0.05) is 18.1 Å². The lowest BCUT2D eigenvalue weighted by atomic mass is 10.1. The number of carbonyl (C=O) groups is 3. The molecule has 142 valence electrons. The van der Waals surface area contributed by atoms with Crippen molar-refractivity contribution in [3.05, 3.63) is 58.4 Å². The average molecular weight is 394 g/mol. The van der Waals surface area contributed by atoms with Gasteiger partial charge in [0.15, 0.2) is 12.4 Å². The zero-order chi connectivity index (χ0) is 20.0. The number of nitrogens with one attached hydrogen (secondary N) is 1. The minimum atomic E-state index is -0.822. The molecule has 0 unspecified atom stereocenters. The first-order valence-corrected chi connectivity index (χ1v) is 8.36. The van der Waals surface area contributed by atoms with Crippen LogP contribution >= 0.6 is 11.6 Å². The molecule has 2 aromatic carbocycles. The van der Waals surface area contributed by atoms with E-state index in [4.69, 9.17) is 21.1 Å². The summed E-state index contributed by atoms with van der Waals surface area (Å²) in [6.07, 6.45) is 0.258. The van der Waals surface area contributed by atoms with Crippen LogP contribution in [-0.2, 0) is 9.53 Å². The highest BCUT2D eigenvalue weighted by molar-refractivity contribution is 6.34. The number of rotatable bonds is 7. The van der Waals surface area contributed by atoms with Crippen molar-refractivity contribution in [1.82, 2.24) is 0 Å². The van der Waals surface area contributed by atoms with Crippen LogP contribution in [0.15, 0.2) is 36.4 Å². The molecule has 0 radical (unpaired) electrons. The SMILES string of the molecule is CCC(=O)Nc1cc(OC)c(C(=O)OCC(=O)c2ccc(F)cc2)cc1Cl. The molecule has 2 rings (SSSR count). The topological polar surface area (TPSA) is 81.7 Å². The maximum atomic E-state index is 12.9. The summed E-state index contributed by atoms with van der Waals surface area (Å²) < 4.78 is 23.0. The third-order valence-corrected chi connectivity index (χ3v) is 3.92. The molecule has 0 spiro atoms. The summed E-state index contributed by atoms with van der Waals surface area (Å²) in [4.78, 5) is 35.8. The zero-order valence-corrected chi connectivity index (χ0v) is 15.4. The van der Waals surface area contributed by atoms with Crippen LogP contribution < -0.4 is 10.1 Å².